The Morgan fingerprint density at radius 3 is 1.41 bits per heavy atom. The maximum Gasteiger partial charge on any atom is 0.335 e. The number of benzene rings is 3. The van der Waals surface area contributed by atoms with E-state index in [9.17, 15) is 39.3 Å². The largest absolute Gasteiger partial charge is 0.492 e. The Morgan fingerprint density at radius 1 is 0.521 bits per heavy atom. The van der Waals surface area contributed by atoms with Crippen molar-refractivity contribution in [1.29, 1.82) is 0 Å². The summed E-state index contributed by atoms with van der Waals surface area (Å²) in [6, 6.07) is 21.0. The standard InChI is InChI=1S/C57H74O14/c1-10-11-12-15-43-18-20-44(21-19-43)22-23-45-24-26-46(27-25-45)49-30-47(16-13-28-66-53(63)41(6)32-58)50(48(31-49)17-14-29-67-55(65)56(8,9)34-60)68-35-57(36-69-51(61)39(2)3,37-70-52(62)40(4)5)38-71-54(64)42(7)33-59/h18-21,24-27,30-31,58-60H,2,4,6-7,10-17,22-23,28-29,32-38H2,1,3,5,8-9H3. The Balaban J connectivity index is 2.14. The Morgan fingerprint density at radius 2 is 0.958 bits per heavy atom. The molecule has 14 nitrogen and oxygen atoms in total. The number of unbranched alkanes of at least 4 members (excludes halogenated alkanes) is 2. The summed E-state index contributed by atoms with van der Waals surface area (Å²) in [5.41, 5.74) is 3.93. The topological polar surface area (TPSA) is 201 Å². The van der Waals surface area contributed by atoms with Crippen molar-refractivity contribution in [3.05, 3.63) is 137 Å². The van der Waals surface area contributed by atoms with Gasteiger partial charge in [0.15, 0.2) is 0 Å². The van der Waals surface area contributed by atoms with Gasteiger partial charge >= 0.3 is 29.8 Å². The van der Waals surface area contributed by atoms with E-state index in [1.807, 2.05) is 24.3 Å². The quantitative estimate of drug-likeness (QED) is 0.0229. The number of hydrogen-bond donors (Lipinski definition) is 3. The molecule has 3 rings (SSSR count). The van der Waals surface area contributed by atoms with Gasteiger partial charge in [-0.3, -0.25) is 4.79 Å². The van der Waals surface area contributed by atoms with E-state index in [0.717, 1.165) is 36.0 Å². The van der Waals surface area contributed by atoms with Crippen LogP contribution in [-0.4, -0.2) is 105 Å². The van der Waals surface area contributed by atoms with Gasteiger partial charge in [-0.25, -0.2) is 19.2 Å². The van der Waals surface area contributed by atoms with Gasteiger partial charge in [-0.15, -0.1) is 0 Å². The van der Waals surface area contributed by atoms with Crippen molar-refractivity contribution >= 4 is 29.8 Å². The molecule has 3 aromatic carbocycles. The number of esters is 5. The molecule has 0 saturated carbocycles. The third-order valence-electron chi connectivity index (χ3n) is 11.6. The van der Waals surface area contributed by atoms with Gasteiger partial charge in [0.2, 0.25) is 0 Å². The monoisotopic (exact) mass is 983 g/mol. The molecule has 71 heavy (non-hydrogen) atoms. The molecule has 386 valence electrons. The molecule has 0 amide bonds. The summed E-state index contributed by atoms with van der Waals surface area (Å²) >= 11 is 0. The van der Waals surface area contributed by atoms with Crippen LogP contribution < -0.4 is 4.74 Å². The lowest BCUT2D eigenvalue weighted by atomic mass is 9.91. The predicted octanol–water partition coefficient (Wildman–Crippen LogP) is 8.09. The van der Waals surface area contributed by atoms with E-state index >= 15 is 0 Å². The second kappa shape index (κ2) is 29.7. The van der Waals surface area contributed by atoms with E-state index in [4.69, 9.17) is 28.4 Å². The molecule has 0 spiro atoms. The Bertz CT molecular complexity index is 2270. The molecule has 0 heterocycles. The zero-order valence-corrected chi connectivity index (χ0v) is 42.4. The lowest BCUT2D eigenvalue weighted by molar-refractivity contribution is -0.160. The van der Waals surface area contributed by atoms with Crippen molar-refractivity contribution in [2.24, 2.45) is 10.8 Å². The lowest BCUT2D eigenvalue weighted by Gasteiger charge is -2.33. The summed E-state index contributed by atoms with van der Waals surface area (Å²) in [5.74, 6) is -3.44. The first-order chi connectivity index (χ1) is 33.8. The molecule has 0 saturated heterocycles. The molecule has 0 radical (unpaired) electrons. The summed E-state index contributed by atoms with van der Waals surface area (Å²) in [5, 5.41) is 28.8. The number of carbonyl (C=O) groups excluding carboxylic acids is 5. The van der Waals surface area contributed by atoms with Gasteiger partial charge in [-0.2, -0.15) is 0 Å². The highest BCUT2D eigenvalue weighted by Crippen LogP contribution is 2.35. The first-order valence-electron chi connectivity index (χ1n) is 24.1. The molecular formula is C57H74O14. The van der Waals surface area contributed by atoms with Crippen LogP contribution >= 0.6 is 0 Å². The fourth-order valence-corrected chi connectivity index (χ4v) is 6.91. The smallest absolute Gasteiger partial charge is 0.335 e. The van der Waals surface area contributed by atoms with Gasteiger partial charge in [-0.05, 0) is 130 Å². The first kappa shape index (κ1) is 59.0. The molecule has 0 atom stereocenters. The molecule has 3 aromatic rings. The minimum absolute atomic E-state index is 0.00455. The normalized spacial score (nSPS) is 11.3. The van der Waals surface area contributed by atoms with Crippen LogP contribution in [0.25, 0.3) is 11.1 Å². The van der Waals surface area contributed by atoms with E-state index in [-0.39, 0.29) is 48.5 Å². The first-order valence-corrected chi connectivity index (χ1v) is 24.1. The fourth-order valence-electron chi connectivity index (χ4n) is 6.91. The molecule has 14 heteroatoms. The summed E-state index contributed by atoms with van der Waals surface area (Å²) < 4.78 is 34.5. The van der Waals surface area contributed by atoms with Gasteiger partial charge in [0.25, 0.3) is 0 Å². The van der Waals surface area contributed by atoms with Crippen molar-refractivity contribution in [3.8, 4) is 16.9 Å². The number of hydrogen-bond acceptors (Lipinski definition) is 14. The number of rotatable bonds is 33. The number of aliphatic hydroxyl groups is 3. The van der Waals surface area contributed by atoms with Crippen molar-refractivity contribution in [2.75, 3.05) is 59.5 Å². The fraction of sp³-hybridized carbons (Fsp3) is 0.456. The third-order valence-corrected chi connectivity index (χ3v) is 11.6. The van der Waals surface area contributed by atoms with Crippen LogP contribution in [-0.2, 0) is 79.8 Å². The second-order valence-corrected chi connectivity index (χ2v) is 18.7. The Hall–Kier alpha value is -6.35. The maximum absolute atomic E-state index is 12.9. The zero-order valence-electron chi connectivity index (χ0n) is 42.4. The van der Waals surface area contributed by atoms with Crippen molar-refractivity contribution in [3.63, 3.8) is 0 Å². The summed E-state index contributed by atoms with van der Waals surface area (Å²) in [6.45, 7) is 19.1. The summed E-state index contributed by atoms with van der Waals surface area (Å²) in [7, 11) is 0. The van der Waals surface area contributed by atoms with Crippen LogP contribution in [0.1, 0.15) is 94.5 Å². The van der Waals surface area contributed by atoms with Crippen LogP contribution in [0.3, 0.4) is 0 Å². The van der Waals surface area contributed by atoms with Crippen LogP contribution in [0, 0.1) is 10.8 Å². The SMILES string of the molecule is C=C(C)C(=O)OCC(COC(=O)C(=C)C)(COC(=O)C(=C)CO)COc1c(CCCOC(=O)C(=C)CO)cc(-c2ccc(CCc3ccc(CCCCC)cc3)cc2)cc1CCCOC(=O)C(C)(C)CO. The van der Waals surface area contributed by atoms with Crippen molar-refractivity contribution in [2.45, 2.75) is 98.8 Å². The van der Waals surface area contributed by atoms with E-state index in [2.05, 4.69) is 69.6 Å². The highest BCUT2D eigenvalue weighted by atomic mass is 16.6. The van der Waals surface area contributed by atoms with Gasteiger partial charge in [-0.1, -0.05) is 94.6 Å². The van der Waals surface area contributed by atoms with Crippen molar-refractivity contribution in [1.82, 2.24) is 0 Å². The van der Waals surface area contributed by atoms with Gasteiger partial charge in [0.05, 0.1) is 49.6 Å². The highest BCUT2D eigenvalue weighted by Gasteiger charge is 2.38. The van der Waals surface area contributed by atoms with Gasteiger partial charge in [0, 0.05) is 11.1 Å². The molecule has 0 aliphatic rings. The molecule has 0 aromatic heterocycles. The molecule has 0 bridgehead atoms. The average Bonchev–Trinajstić information content (AvgIpc) is 3.37. The van der Waals surface area contributed by atoms with Crippen LogP contribution in [0.5, 0.6) is 5.75 Å². The number of aryl methyl sites for hydroxylation is 5. The van der Waals surface area contributed by atoms with Crippen LogP contribution in [0.15, 0.2) is 109 Å². The summed E-state index contributed by atoms with van der Waals surface area (Å²) in [4.78, 5) is 63.8. The van der Waals surface area contributed by atoms with Crippen LogP contribution in [0.2, 0.25) is 0 Å². The minimum Gasteiger partial charge on any atom is -0.492 e. The average molecular weight is 983 g/mol. The zero-order chi connectivity index (χ0) is 52.6. The van der Waals surface area contributed by atoms with Gasteiger partial charge in [0.1, 0.15) is 37.6 Å². The number of carbonyl (C=O) groups is 5. The van der Waals surface area contributed by atoms with E-state index in [1.165, 1.54) is 44.2 Å². The molecule has 0 aliphatic carbocycles. The Kier molecular flexibility index (Phi) is 24.7. The van der Waals surface area contributed by atoms with E-state index < -0.39 is 80.3 Å². The number of aliphatic hydroxyl groups excluding tert-OH is 3. The van der Waals surface area contributed by atoms with Crippen molar-refractivity contribution < 1.29 is 67.7 Å². The molecule has 3 N–H and O–H groups in total. The van der Waals surface area contributed by atoms with E-state index in [1.54, 1.807) is 13.8 Å². The van der Waals surface area contributed by atoms with E-state index in [0.29, 0.717) is 36.1 Å². The molecule has 0 aliphatic heterocycles. The molecule has 0 unspecified atom stereocenters. The highest BCUT2D eigenvalue weighted by molar-refractivity contribution is 5.89. The third kappa shape index (κ3) is 19.8. The second-order valence-electron chi connectivity index (χ2n) is 18.7. The molecular weight excluding hydrogens is 909 g/mol. The summed E-state index contributed by atoms with van der Waals surface area (Å²) in [6.07, 6.45) is 7.60. The number of ether oxygens (including phenoxy) is 6. The maximum atomic E-state index is 12.9. The predicted molar refractivity (Wildman–Crippen MR) is 271 cm³/mol. The minimum atomic E-state index is -1.56. The van der Waals surface area contributed by atoms with Crippen LogP contribution in [0.4, 0.5) is 0 Å². The Labute approximate surface area is 419 Å². The lowest BCUT2D eigenvalue weighted by Crippen LogP contribution is -2.44. The van der Waals surface area contributed by atoms with Gasteiger partial charge < -0.3 is 43.7 Å². The molecule has 0 fully saturated rings.